The van der Waals surface area contributed by atoms with Crippen LogP contribution in [0.2, 0.25) is 0 Å². The Hall–Kier alpha value is -2.59. The SMILES string of the molecule is C[C@@H](O)[C@H](N)C(=O)NC(=O)Nc1ncnc2nc[nH]c12. The molecule has 3 amide bonds. The first kappa shape index (κ1) is 13.8. The molecular weight excluding hydrogens is 266 g/mol. The normalized spacial score (nSPS) is 13.8. The second kappa shape index (κ2) is 5.59. The van der Waals surface area contributed by atoms with Crippen molar-refractivity contribution in [1.82, 2.24) is 25.3 Å². The van der Waals surface area contributed by atoms with Crippen LogP contribution in [-0.2, 0) is 4.79 Å². The molecule has 0 radical (unpaired) electrons. The number of hydrogen-bond acceptors (Lipinski definition) is 7. The summed E-state index contributed by atoms with van der Waals surface area (Å²) in [6, 6.07) is -2.01. The third kappa shape index (κ3) is 2.87. The van der Waals surface area contributed by atoms with Crippen molar-refractivity contribution in [2.24, 2.45) is 5.73 Å². The number of nitrogens with one attached hydrogen (secondary N) is 3. The molecule has 0 saturated carbocycles. The zero-order chi connectivity index (χ0) is 14.7. The quantitative estimate of drug-likeness (QED) is 0.467. The molecule has 10 nitrogen and oxygen atoms in total. The van der Waals surface area contributed by atoms with Crippen molar-refractivity contribution in [3.63, 3.8) is 0 Å². The van der Waals surface area contributed by atoms with Gasteiger partial charge in [0.05, 0.1) is 12.4 Å². The van der Waals surface area contributed by atoms with Gasteiger partial charge in [-0.1, -0.05) is 0 Å². The molecule has 0 bridgehead atoms. The van der Waals surface area contributed by atoms with Gasteiger partial charge in [0.2, 0.25) is 5.91 Å². The standard InChI is InChI=1S/C10H13N7O3/c1-4(18)5(11)9(19)17-10(20)16-8-6-7(13-2-12-6)14-3-15-8/h2-5,18H,11H2,1H3,(H3,12,13,14,15,16,17,19,20)/t4-,5+/m1/s1. The number of anilines is 1. The summed E-state index contributed by atoms with van der Waals surface area (Å²) in [5.41, 5.74) is 6.19. The molecule has 6 N–H and O–H groups in total. The third-order valence-corrected chi connectivity index (χ3v) is 2.51. The number of aliphatic hydroxyl groups excluding tert-OH is 1. The first-order valence-electron chi connectivity index (χ1n) is 5.68. The highest BCUT2D eigenvalue weighted by Gasteiger charge is 2.21. The lowest BCUT2D eigenvalue weighted by atomic mass is 10.2. The van der Waals surface area contributed by atoms with E-state index in [9.17, 15) is 9.59 Å². The van der Waals surface area contributed by atoms with Gasteiger partial charge in [-0.3, -0.25) is 15.4 Å². The Morgan fingerprint density at radius 2 is 2.15 bits per heavy atom. The van der Waals surface area contributed by atoms with Gasteiger partial charge in [0.15, 0.2) is 11.5 Å². The molecule has 2 aromatic heterocycles. The van der Waals surface area contributed by atoms with Crippen LogP contribution in [0.25, 0.3) is 11.2 Å². The van der Waals surface area contributed by atoms with Crippen molar-refractivity contribution >= 4 is 28.9 Å². The van der Waals surface area contributed by atoms with Gasteiger partial charge in [-0.15, -0.1) is 0 Å². The topological polar surface area (TPSA) is 159 Å². The lowest BCUT2D eigenvalue weighted by Gasteiger charge is -2.13. The van der Waals surface area contributed by atoms with Gasteiger partial charge in [-0.2, -0.15) is 0 Å². The second-order valence-electron chi connectivity index (χ2n) is 4.03. The highest BCUT2D eigenvalue weighted by molar-refractivity contribution is 6.04. The molecule has 0 aliphatic carbocycles. The molecule has 2 atom stereocenters. The highest BCUT2D eigenvalue weighted by atomic mass is 16.3. The summed E-state index contributed by atoms with van der Waals surface area (Å²) in [6.45, 7) is 1.35. The van der Waals surface area contributed by atoms with Crippen LogP contribution in [0.4, 0.5) is 10.6 Å². The predicted molar refractivity (Wildman–Crippen MR) is 68.5 cm³/mol. The molecule has 10 heteroatoms. The smallest absolute Gasteiger partial charge is 0.327 e. The van der Waals surface area contributed by atoms with Gasteiger partial charge in [0.25, 0.3) is 0 Å². The average molecular weight is 279 g/mol. The van der Waals surface area contributed by atoms with Crippen molar-refractivity contribution in [3.8, 4) is 0 Å². The number of aliphatic hydroxyl groups is 1. The first-order valence-corrected chi connectivity index (χ1v) is 5.68. The van der Waals surface area contributed by atoms with E-state index < -0.39 is 24.1 Å². The molecule has 0 aliphatic heterocycles. The van der Waals surface area contributed by atoms with E-state index in [1.807, 2.05) is 5.32 Å². The Kier molecular flexibility index (Phi) is 3.86. The van der Waals surface area contributed by atoms with Crippen molar-refractivity contribution in [2.45, 2.75) is 19.1 Å². The van der Waals surface area contributed by atoms with Gasteiger partial charge in [0.1, 0.15) is 17.9 Å². The predicted octanol–water partition coefficient (Wildman–Crippen LogP) is -1.29. The van der Waals surface area contributed by atoms with Gasteiger partial charge in [-0.25, -0.2) is 19.7 Å². The van der Waals surface area contributed by atoms with Gasteiger partial charge < -0.3 is 15.8 Å². The second-order valence-corrected chi connectivity index (χ2v) is 4.03. The van der Waals surface area contributed by atoms with E-state index in [-0.39, 0.29) is 5.82 Å². The van der Waals surface area contributed by atoms with Crippen LogP contribution < -0.4 is 16.4 Å². The Balaban J connectivity index is 2.05. The molecule has 2 rings (SSSR count). The molecule has 20 heavy (non-hydrogen) atoms. The largest absolute Gasteiger partial charge is 0.391 e. The Bertz CT molecular complexity index is 639. The summed E-state index contributed by atoms with van der Waals surface area (Å²) in [4.78, 5) is 37.5. The fraction of sp³-hybridized carbons (Fsp3) is 0.300. The fourth-order valence-corrected chi connectivity index (χ4v) is 1.41. The molecule has 0 aromatic carbocycles. The maximum Gasteiger partial charge on any atom is 0.327 e. The van der Waals surface area contributed by atoms with Crippen LogP contribution in [0.5, 0.6) is 0 Å². The number of H-pyrrole nitrogens is 1. The van der Waals surface area contributed by atoms with Crippen molar-refractivity contribution in [3.05, 3.63) is 12.7 Å². The Morgan fingerprint density at radius 3 is 2.85 bits per heavy atom. The zero-order valence-electron chi connectivity index (χ0n) is 10.5. The number of urea groups is 1. The van der Waals surface area contributed by atoms with Gasteiger partial charge >= 0.3 is 6.03 Å². The highest BCUT2D eigenvalue weighted by Crippen LogP contribution is 2.13. The summed E-state index contributed by atoms with van der Waals surface area (Å²) in [5.74, 6) is -0.629. The minimum Gasteiger partial charge on any atom is -0.391 e. The van der Waals surface area contributed by atoms with E-state index in [0.29, 0.717) is 11.2 Å². The van der Waals surface area contributed by atoms with Gasteiger partial charge in [0, 0.05) is 0 Å². The lowest BCUT2D eigenvalue weighted by Crippen LogP contribution is -2.50. The summed E-state index contributed by atoms with van der Waals surface area (Å²) < 4.78 is 0. The monoisotopic (exact) mass is 279 g/mol. The van der Waals surface area contributed by atoms with Crippen LogP contribution in [0, 0.1) is 0 Å². The molecule has 0 unspecified atom stereocenters. The number of aromatic amines is 1. The number of fused-ring (bicyclic) bond motifs is 1. The van der Waals surface area contributed by atoms with Gasteiger partial charge in [-0.05, 0) is 6.92 Å². The fourth-order valence-electron chi connectivity index (χ4n) is 1.41. The van der Waals surface area contributed by atoms with E-state index in [2.05, 4.69) is 25.3 Å². The molecular formula is C10H13N7O3. The van der Waals surface area contributed by atoms with Crippen LogP contribution in [0.3, 0.4) is 0 Å². The lowest BCUT2D eigenvalue weighted by molar-refractivity contribution is -0.123. The summed E-state index contributed by atoms with van der Waals surface area (Å²) in [7, 11) is 0. The van der Waals surface area contributed by atoms with Crippen LogP contribution >= 0.6 is 0 Å². The van der Waals surface area contributed by atoms with E-state index in [1.165, 1.54) is 19.6 Å². The first-order chi connectivity index (χ1) is 9.49. The molecule has 0 aliphatic rings. The summed E-state index contributed by atoms with van der Waals surface area (Å²) in [5, 5.41) is 13.5. The van der Waals surface area contributed by atoms with E-state index in [4.69, 9.17) is 10.8 Å². The molecule has 2 heterocycles. The van der Waals surface area contributed by atoms with Crippen molar-refractivity contribution in [1.29, 1.82) is 0 Å². The number of rotatable bonds is 3. The maximum atomic E-state index is 11.6. The summed E-state index contributed by atoms with van der Waals surface area (Å²) >= 11 is 0. The number of hydrogen-bond donors (Lipinski definition) is 5. The minimum absolute atomic E-state index is 0.170. The maximum absolute atomic E-state index is 11.6. The van der Waals surface area contributed by atoms with E-state index in [1.54, 1.807) is 0 Å². The van der Waals surface area contributed by atoms with E-state index >= 15 is 0 Å². The van der Waals surface area contributed by atoms with Crippen molar-refractivity contribution < 1.29 is 14.7 Å². The molecule has 2 aromatic rings. The third-order valence-electron chi connectivity index (χ3n) is 2.51. The number of imide groups is 1. The summed E-state index contributed by atoms with van der Waals surface area (Å²) in [6.07, 6.45) is 1.56. The average Bonchev–Trinajstić information content (AvgIpc) is 2.86. The van der Waals surface area contributed by atoms with Crippen LogP contribution in [0.1, 0.15) is 6.92 Å². The van der Waals surface area contributed by atoms with Crippen LogP contribution in [-0.4, -0.2) is 49.1 Å². The molecule has 0 fully saturated rings. The minimum atomic E-state index is -1.20. The zero-order valence-corrected chi connectivity index (χ0v) is 10.5. The number of nitrogens with zero attached hydrogens (tertiary/aromatic N) is 3. The number of carbonyl (C=O) groups excluding carboxylic acids is 2. The molecule has 0 spiro atoms. The van der Waals surface area contributed by atoms with E-state index in [0.717, 1.165) is 0 Å². The number of imidazole rings is 1. The number of nitrogens with two attached hydrogens (primary N) is 1. The molecule has 106 valence electrons. The van der Waals surface area contributed by atoms with Crippen LogP contribution in [0.15, 0.2) is 12.7 Å². The Morgan fingerprint density at radius 1 is 1.40 bits per heavy atom. The molecule has 0 saturated heterocycles. The number of amides is 3. The van der Waals surface area contributed by atoms with Crippen molar-refractivity contribution in [2.75, 3.05) is 5.32 Å². The number of carbonyl (C=O) groups is 2. The number of aromatic nitrogens is 4. The Labute approximate surface area is 112 Å².